The standard InChI is InChI=1S/C10H15NO3/c1-3-10(2,9(12)13)11-7-8-5-4-6-14-8/h4-6,11H,3,7H2,1-2H3,(H,12,13). The molecule has 0 aliphatic heterocycles. The number of carboxylic acid groups (broad SMARTS) is 1. The summed E-state index contributed by atoms with van der Waals surface area (Å²) in [5, 5.41) is 11.9. The first kappa shape index (κ1) is 10.8. The van der Waals surface area contributed by atoms with Crippen molar-refractivity contribution in [1.29, 1.82) is 0 Å². The predicted octanol–water partition coefficient (Wildman–Crippen LogP) is 1.62. The lowest BCUT2D eigenvalue weighted by Crippen LogP contribution is -2.48. The first-order chi connectivity index (χ1) is 6.58. The molecule has 4 heteroatoms. The number of nitrogens with one attached hydrogen (secondary N) is 1. The van der Waals surface area contributed by atoms with Gasteiger partial charge in [0.25, 0.3) is 0 Å². The second kappa shape index (κ2) is 4.28. The number of carbonyl (C=O) groups is 1. The van der Waals surface area contributed by atoms with Crippen molar-refractivity contribution in [2.45, 2.75) is 32.4 Å². The molecule has 0 spiro atoms. The monoisotopic (exact) mass is 197 g/mol. The van der Waals surface area contributed by atoms with Crippen molar-refractivity contribution in [1.82, 2.24) is 5.32 Å². The van der Waals surface area contributed by atoms with E-state index in [9.17, 15) is 4.79 Å². The smallest absolute Gasteiger partial charge is 0.323 e. The summed E-state index contributed by atoms with van der Waals surface area (Å²) >= 11 is 0. The number of hydrogen-bond donors (Lipinski definition) is 2. The fourth-order valence-corrected chi connectivity index (χ4v) is 1.05. The topological polar surface area (TPSA) is 62.5 Å². The molecule has 78 valence electrons. The molecule has 0 fully saturated rings. The highest BCUT2D eigenvalue weighted by Crippen LogP contribution is 2.11. The molecule has 0 amide bonds. The molecule has 1 heterocycles. The van der Waals surface area contributed by atoms with Gasteiger partial charge in [-0.25, -0.2) is 0 Å². The lowest BCUT2D eigenvalue weighted by Gasteiger charge is -2.23. The fourth-order valence-electron chi connectivity index (χ4n) is 1.05. The zero-order chi connectivity index (χ0) is 10.6. The summed E-state index contributed by atoms with van der Waals surface area (Å²) in [5.74, 6) is -0.0996. The Labute approximate surface area is 82.9 Å². The van der Waals surface area contributed by atoms with E-state index in [1.165, 1.54) is 0 Å². The van der Waals surface area contributed by atoms with Crippen LogP contribution in [-0.4, -0.2) is 16.6 Å². The maximum Gasteiger partial charge on any atom is 0.323 e. The van der Waals surface area contributed by atoms with Gasteiger partial charge in [-0.1, -0.05) is 6.92 Å². The molecule has 1 rings (SSSR count). The Morgan fingerprint density at radius 1 is 1.71 bits per heavy atom. The van der Waals surface area contributed by atoms with Gasteiger partial charge in [-0.3, -0.25) is 10.1 Å². The molecule has 1 unspecified atom stereocenters. The van der Waals surface area contributed by atoms with E-state index in [0.29, 0.717) is 13.0 Å². The quantitative estimate of drug-likeness (QED) is 0.753. The van der Waals surface area contributed by atoms with Gasteiger partial charge >= 0.3 is 5.97 Å². The van der Waals surface area contributed by atoms with Gasteiger partial charge in [-0.05, 0) is 25.5 Å². The maximum absolute atomic E-state index is 10.9. The zero-order valence-corrected chi connectivity index (χ0v) is 8.41. The summed E-state index contributed by atoms with van der Waals surface area (Å²) in [4.78, 5) is 10.9. The third-order valence-electron chi connectivity index (χ3n) is 2.41. The van der Waals surface area contributed by atoms with E-state index in [1.807, 2.05) is 13.0 Å². The predicted molar refractivity (Wildman–Crippen MR) is 51.9 cm³/mol. The number of carboxylic acids is 1. The second-order valence-corrected chi connectivity index (χ2v) is 3.42. The average molecular weight is 197 g/mol. The molecule has 1 aromatic heterocycles. The summed E-state index contributed by atoms with van der Waals surface area (Å²) in [6, 6.07) is 3.59. The van der Waals surface area contributed by atoms with Gasteiger partial charge in [-0.2, -0.15) is 0 Å². The van der Waals surface area contributed by atoms with Crippen LogP contribution >= 0.6 is 0 Å². The van der Waals surface area contributed by atoms with Crippen molar-refractivity contribution in [3.63, 3.8) is 0 Å². The van der Waals surface area contributed by atoms with Gasteiger partial charge in [0.05, 0.1) is 12.8 Å². The van der Waals surface area contributed by atoms with Gasteiger partial charge in [0.2, 0.25) is 0 Å². The van der Waals surface area contributed by atoms with E-state index < -0.39 is 11.5 Å². The molecule has 14 heavy (non-hydrogen) atoms. The van der Waals surface area contributed by atoms with Crippen molar-refractivity contribution in [2.75, 3.05) is 0 Å². The number of furan rings is 1. The van der Waals surface area contributed by atoms with E-state index in [1.54, 1.807) is 19.3 Å². The van der Waals surface area contributed by atoms with Crippen LogP contribution in [0.5, 0.6) is 0 Å². The molecular formula is C10H15NO3. The Morgan fingerprint density at radius 3 is 2.86 bits per heavy atom. The molecule has 1 atom stereocenters. The highest BCUT2D eigenvalue weighted by molar-refractivity contribution is 5.78. The van der Waals surface area contributed by atoms with Crippen molar-refractivity contribution < 1.29 is 14.3 Å². The Bertz CT molecular complexity index is 294. The minimum atomic E-state index is -0.882. The van der Waals surface area contributed by atoms with Crippen LogP contribution < -0.4 is 5.32 Å². The van der Waals surface area contributed by atoms with E-state index >= 15 is 0 Å². The van der Waals surface area contributed by atoms with Crippen LogP contribution in [-0.2, 0) is 11.3 Å². The molecular weight excluding hydrogens is 182 g/mol. The van der Waals surface area contributed by atoms with Gasteiger partial charge in [-0.15, -0.1) is 0 Å². The van der Waals surface area contributed by atoms with Crippen LogP contribution in [0.2, 0.25) is 0 Å². The summed E-state index contributed by atoms with van der Waals surface area (Å²) in [5.41, 5.74) is -0.882. The first-order valence-electron chi connectivity index (χ1n) is 4.59. The number of aliphatic carboxylic acids is 1. The highest BCUT2D eigenvalue weighted by Gasteiger charge is 2.30. The summed E-state index contributed by atoms with van der Waals surface area (Å²) in [7, 11) is 0. The molecule has 0 aromatic carbocycles. The van der Waals surface area contributed by atoms with Gasteiger partial charge < -0.3 is 9.52 Å². The first-order valence-corrected chi connectivity index (χ1v) is 4.59. The molecule has 0 aliphatic carbocycles. The van der Waals surface area contributed by atoms with Gasteiger partial charge in [0, 0.05) is 0 Å². The van der Waals surface area contributed by atoms with Gasteiger partial charge in [0.15, 0.2) is 0 Å². The fraction of sp³-hybridized carbons (Fsp3) is 0.500. The van der Waals surface area contributed by atoms with Crippen molar-refractivity contribution in [3.8, 4) is 0 Å². The van der Waals surface area contributed by atoms with Crippen LogP contribution in [0, 0.1) is 0 Å². The maximum atomic E-state index is 10.9. The largest absolute Gasteiger partial charge is 0.480 e. The second-order valence-electron chi connectivity index (χ2n) is 3.42. The third kappa shape index (κ3) is 2.35. The Kier molecular flexibility index (Phi) is 3.30. The van der Waals surface area contributed by atoms with Crippen molar-refractivity contribution in [3.05, 3.63) is 24.2 Å². The Morgan fingerprint density at radius 2 is 2.43 bits per heavy atom. The molecule has 4 nitrogen and oxygen atoms in total. The molecule has 0 saturated carbocycles. The van der Waals surface area contributed by atoms with Crippen LogP contribution in [0.4, 0.5) is 0 Å². The summed E-state index contributed by atoms with van der Waals surface area (Å²) < 4.78 is 5.10. The van der Waals surface area contributed by atoms with E-state index in [0.717, 1.165) is 5.76 Å². The van der Waals surface area contributed by atoms with Crippen LogP contribution in [0.3, 0.4) is 0 Å². The number of rotatable bonds is 5. The average Bonchev–Trinajstić information content (AvgIpc) is 2.66. The molecule has 0 bridgehead atoms. The molecule has 0 saturated heterocycles. The highest BCUT2D eigenvalue weighted by atomic mass is 16.4. The van der Waals surface area contributed by atoms with Crippen LogP contribution in [0.15, 0.2) is 22.8 Å². The van der Waals surface area contributed by atoms with E-state index in [-0.39, 0.29) is 0 Å². The minimum Gasteiger partial charge on any atom is -0.480 e. The number of hydrogen-bond acceptors (Lipinski definition) is 3. The van der Waals surface area contributed by atoms with Gasteiger partial charge in [0.1, 0.15) is 11.3 Å². The van der Waals surface area contributed by atoms with Crippen molar-refractivity contribution >= 4 is 5.97 Å². The SMILES string of the molecule is CCC(C)(NCc1ccco1)C(=O)O. The molecule has 2 N–H and O–H groups in total. The Hall–Kier alpha value is -1.29. The lowest BCUT2D eigenvalue weighted by atomic mass is 9.99. The third-order valence-corrected chi connectivity index (χ3v) is 2.41. The molecule has 1 aromatic rings. The van der Waals surface area contributed by atoms with Crippen LogP contribution in [0.25, 0.3) is 0 Å². The zero-order valence-electron chi connectivity index (χ0n) is 8.41. The normalized spacial score (nSPS) is 15.0. The van der Waals surface area contributed by atoms with Crippen molar-refractivity contribution in [2.24, 2.45) is 0 Å². The molecule has 0 aliphatic rings. The van der Waals surface area contributed by atoms with E-state index in [2.05, 4.69) is 5.32 Å². The van der Waals surface area contributed by atoms with Crippen LogP contribution in [0.1, 0.15) is 26.0 Å². The Balaban J connectivity index is 2.54. The molecule has 0 radical (unpaired) electrons. The summed E-state index contributed by atoms with van der Waals surface area (Å²) in [6.45, 7) is 3.94. The minimum absolute atomic E-state index is 0.434. The van der Waals surface area contributed by atoms with E-state index in [4.69, 9.17) is 9.52 Å². The lowest BCUT2D eigenvalue weighted by molar-refractivity contribution is -0.144. The summed E-state index contributed by atoms with van der Waals surface area (Å²) in [6.07, 6.45) is 2.10.